The van der Waals surface area contributed by atoms with Crippen LogP contribution in [-0.4, -0.2) is 26.4 Å². The van der Waals surface area contributed by atoms with Gasteiger partial charge < -0.3 is 14.8 Å². The van der Waals surface area contributed by atoms with Crippen LogP contribution in [0.4, 0.5) is 0 Å². The molecule has 1 N–H and O–H groups in total. The molecule has 0 aromatic heterocycles. The van der Waals surface area contributed by atoms with Gasteiger partial charge in [0.15, 0.2) is 0 Å². The molecule has 3 rings (SSSR count). The Morgan fingerprint density at radius 2 is 2.25 bits per heavy atom. The Hall–Kier alpha value is -1.06. The summed E-state index contributed by atoms with van der Waals surface area (Å²) in [6, 6.07) is 6.98. The Kier molecular flexibility index (Phi) is 2.58. The van der Waals surface area contributed by atoms with Gasteiger partial charge in [0.25, 0.3) is 0 Å². The van der Waals surface area contributed by atoms with E-state index >= 15 is 0 Å². The third kappa shape index (κ3) is 1.70. The van der Waals surface area contributed by atoms with E-state index in [0.717, 1.165) is 25.4 Å². The first-order chi connectivity index (χ1) is 7.86. The summed E-state index contributed by atoms with van der Waals surface area (Å²) in [6.45, 7) is 1.46. The van der Waals surface area contributed by atoms with E-state index in [2.05, 4.69) is 23.5 Å². The van der Waals surface area contributed by atoms with Crippen LogP contribution < -0.4 is 10.1 Å². The lowest BCUT2D eigenvalue weighted by Crippen LogP contribution is -2.38. The number of hydrogen-bond acceptors (Lipinski definition) is 3. The second-order valence-electron chi connectivity index (χ2n) is 4.52. The normalized spacial score (nSPS) is 23.9. The zero-order valence-corrected chi connectivity index (χ0v) is 9.53. The maximum absolute atomic E-state index is 5.80. The minimum atomic E-state index is 0.263. The molecule has 3 nitrogen and oxygen atoms in total. The van der Waals surface area contributed by atoms with E-state index in [4.69, 9.17) is 9.47 Å². The quantitative estimate of drug-likeness (QED) is 0.839. The highest BCUT2D eigenvalue weighted by atomic mass is 16.6. The molecule has 1 fully saturated rings. The molecule has 1 aliphatic carbocycles. The van der Waals surface area contributed by atoms with Crippen molar-refractivity contribution in [3.63, 3.8) is 0 Å². The molecule has 1 saturated heterocycles. The standard InChI is InChI=1S/C13H17NO2/c1-14-13-5-2-9-6-10(3-4-12(9)13)16-11-7-15-8-11/h3-4,6,11,13-14H,2,5,7-8H2,1H3. The number of hydrogen-bond donors (Lipinski definition) is 1. The highest BCUT2D eigenvalue weighted by Crippen LogP contribution is 2.33. The Labute approximate surface area is 95.8 Å². The summed E-state index contributed by atoms with van der Waals surface area (Å²) in [5, 5.41) is 3.34. The van der Waals surface area contributed by atoms with Gasteiger partial charge in [-0.05, 0) is 43.1 Å². The molecule has 1 atom stereocenters. The predicted octanol–water partition coefficient (Wildman–Crippen LogP) is 1.67. The van der Waals surface area contributed by atoms with Gasteiger partial charge in [-0.2, -0.15) is 0 Å². The molecule has 16 heavy (non-hydrogen) atoms. The van der Waals surface area contributed by atoms with E-state index in [1.807, 2.05) is 7.05 Å². The van der Waals surface area contributed by atoms with Crippen molar-refractivity contribution in [2.24, 2.45) is 0 Å². The van der Waals surface area contributed by atoms with Gasteiger partial charge in [-0.25, -0.2) is 0 Å². The van der Waals surface area contributed by atoms with Crippen LogP contribution in [0.2, 0.25) is 0 Å². The van der Waals surface area contributed by atoms with Crippen molar-refractivity contribution in [3.8, 4) is 5.75 Å². The molecular weight excluding hydrogens is 202 g/mol. The van der Waals surface area contributed by atoms with Gasteiger partial charge in [-0.15, -0.1) is 0 Å². The Morgan fingerprint density at radius 1 is 1.38 bits per heavy atom. The molecule has 0 saturated carbocycles. The molecule has 1 aromatic carbocycles. The van der Waals surface area contributed by atoms with E-state index < -0.39 is 0 Å². The van der Waals surface area contributed by atoms with Crippen molar-refractivity contribution < 1.29 is 9.47 Å². The molecule has 0 spiro atoms. The summed E-state index contributed by atoms with van der Waals surface area (Å²) in [6.07, 6.45) is 2.61. The monoisotopic (exact) mass is 219 g/mol. The van der Waals surface area contributed by atoms with Gasteiger partial charge in [0.1, 0.15) is 11.9 Å². The van der Waals surface area contributed by atoms with Crippen LogP contribution in [0.15, 0.2) is 18.2 Å². The highest BCUT2D eigenvalue weighted by Gasteiger charge is 2.23. The number of nitrogens with one attached hydrogen (secondary N) is 1. The van der Waals surface area contributed by atoms with Crippen LogP contribution in [0.5, 0.6) is 5.75 Å². The summed E-state index contributed by atoms with van der Waals surface area (Å²) in [7, 11) is 2.02. The minimum absolute atomic E-state index is 0.263. The maximum atomic E-state index is 5.80. The van der Waals surface area contributed by atoms with Crippen LogP contribution in [-0.2, 0) is 11.2 Å². The number of fused-ring (bicyclic) bond motifs is 1. The number of ether oxygens (including phenoxy) is 2. The molecule has 1 aromatic rings. The maximum Gasteiger partial charge on any atom is 0.145 e. The van der Waals surface area contributed by atoms with Crippen molar-refractivity contribution in [1.82, 2.24) is 5.32 Å². The van der Waals surface area contributed by atoms with E-state index in [9.17, 15) is 0 Å². The summed E-state index contributed by atoms with van der Waals surface area (Å²) >= 11 is 0. The average Bonchev–Trinajstić information content (AvgIpc) is 2.65. The van der Waals surface area contributed by atoms with Crippen LogP contribution >= 0.6 is 0 Å². The van der Waals surface area contributed by atoms with Crippen molar-refractivity contribution in [1.29, 1.82) is 0 Å². The summed E-state index contributed by atoms with van der Waals surface area (Å²) < 4.78 is 10.9. The lowest BCUT2D eigenvalue weighted by Gasteiger charge is -2.27. The van der Waals surface area contributed by atoms with Crippen LogP contribution in [0.1, 0.15) is 23.6 Å². The Morgan fingerprint density at radius 3 is 2.94 bits per heavy atom. The van der Waals surface area contributed by atoms with E-state index in [1.54, 1.807) is 0 Å². The second-order valence-corrected chi connectivity index (χ2v) is 4.52. The molecule has 1 aliphatic heterocycles. The molecule has 0 amide bonds. The summed E-state index contributed by atoms with van der Waals surface area (Å²) in [5.41, 5.74) is 2.86. The van der Waals surface area contributed by atoms with Gasteiger partial charge in [0, 0.05) is 6.04 Å². The van der Waals surface area contributed by atoms with Crippen molar-refractivity contribution in [3.05, 3.63) is 29.3 Å². The molecular formula is C13H17NO2. The fourth-order valence-corrected chi connectivity index (χ4v) is 2.44. The van der Waals surface area contributed by atoms with Crippen LogP contribution in [0.25, 0.3) is 0 Å². The first kappa shape index (κ1) is 10.1. The van der Waals surface area contributed by atoms with Gasteiger partial charge >= 0.3 is 0 Å². The van der Waals surface area contributed by atoms with Crippen molar-refractivity contribution in [2.75, 3.05) is 20.3 Å². The third-order valence-electron chi connectivity index (χ3n) is 3.45. The fraction of sp³-hybridized carbons (Fsp3) is 0.538. The second kappa shape index (κ2) is 4.07. The topological polar surface area (TPSA) is 30.5 Å². The summed E-state index contributed by atoms with van der Waals surface area (Å²) in [4.78, 5) is 0. The van der Waals surface area contributed by atoms with Crippen molar-refractivity contribution in [2.45, 2.75) is 25.0 Å². The largest absolute Gasteiger partial charge is 0.486 e. The fourth-order valence-electron chi connectivity index (χ4n) is 2.44. The predicted molar refractivity (Wildman–Crippen MR) is 61.8 cm³/mol. The molecule has 1 unspecified atom stereocenters. The zero-order chi connectivity index (χ0) is 11.0. The van der Waals surface area contributed by atoms with Crippen molar-refractivity contribution >= 4 is 0 Å². The lowest BCUT2D eigenvalue weighted by atomic mass is 10.1. The Bertz CT molecular complexity index is 388. The zero-order valence-electron chi connectivity index (χ0n) is 9.53. The molecule has 0 radical (unpaired) electrons. The first-order valence-corrected chi connectivity index (χ1v) is 5.91. The van der Waals surface area contributed by atoms with E-state index in [-0.39, 0.29) is 6.10 Å². The van der Waals surface area contributed by atoms with E-state index in [1.165, 1.54) is 17.5 Å². The van der Waals surface area contributed by atoms with Gasteiger partial charge in [0.05, 0.1) is 13.2 Å². The van der Waals surface area contributed by atoms with Gasteiger partial charge in [-0.1, -0.05) is 6.07 Å². The SMILES string of the molecule is CNC1CCc2cc(OC3COC3)ccc21. The Balaban J connectivity index is 1.77. The summed E-state index contributed by atoms with van der Waals surface area (Å²) in [5.74, 6) is 0.990. The van der Waals surface area contributed by atoms with E-state index in [0.29, 0.717) is 6.04 Å². The number of aryl methyl sites for hydroxylation is 1. The first-order valence-electron chi connectivity index (χ1n) is 5.91. The highest BCUT2D eigenvalue weighted by molar-refractivity contribution is 5.40. The van der Waals surface area contributed by atoms with Gasteiger partial charge in [0.2, 0.25) is 0 Å². The number of benzene rings is 1. The molecule has 0 bridgehead atoms. The third-order valence-corrected chi connectivity index (χ3v) is 3.45. The van der Waals surface area contributed by atoms with Crippen LogP contribution in [0, 0.1) is 0 Å². The minimum Gasteiger partial charge on any atom is -0.486 e. The smallest absolute Gasteiger partial charge is 0.145 e. The molecule has 3 heteroatoms. The average molecular weight is 219 g/mol. The van der Waals surface area contributed by atoms with Gasteiger partial charge in [-0.3, -0.25) is 0 Å². The molecule has 1 heterocycles. The van der Waals surface area contributed by atoms with Crippen LogP contribution in [0.3, 0.4) is 0 Å². The number of rotatable bonds is 3. The lowest BCUT2D eigenvalue weighted by molar-refractivity contribution is -0.0797. The molecule has 86 valence electrons. The molecule has 2 aliphatic rings.